The van der Waals surface area contributed by atoms with Crippen molar-refractivity contribution >= 4 is 44.8 Å². The maximum Gasteiger partial charge on any atom is 0.288 e. The van der Waals surface area contributed by atoms with E-state index in [1.165, 1.54) is 12.1 Å². The summed E-state index contributed by atoms with van der Waals surface area (Å²) in [5.41, 5.74) is 3.40. The van der Waals surface area contributed by atoms with Crippen molar-refractivity contribution in [2.45, 2.75) is 6.92 Å². The summed E-state index contributed by atoms with van der Waals surface area (Å²) in [6.45, 7) is 1.62. The molecular weight excluding hydrogens is 376 g/mol. The molecule has 22 heavy (non-hydrogen) atoms. The summed E-state index contributed by atoms with van der Waals surface area (Å²) >= 11 is 8.97. The minimum atomic E-state index is -0.575. The van der Waals surface area contributed by atoms with Crippen LogP contribution in [-0.2, 0) is 0 Å². The Morgan fingerprint density at radius 2 is 2.18 bits per heavy atom. The van der Waals surface area contributed by atoms with Gasteiger partial charge in [0.2, 0.25) is 0 Å². The molecule has 7 nitrogen and oxygen atoms in total. The number of aromatic nitrogens is 1. The zero-order chi connectivity index (χ0) is 16.3. The normalized spacial score (nSPS) is 11.3. The zero-order valence-corrected chi connectivity index (χ0v) is 13.6. The highest BCUT2D eigenvalue weighted by atomic mass is 79.9. The van der Waals surface area contributed by atoms with Gasteiger partial charge in [0.25, 0.3) is 11.6 Å². The van der Waals surface area contributed by atoms with Crippen LogP contribution in [0.4, 0.5) is 5.69 Å². The largest absolute Gasteiger partial charge is 0.356 e. The monoisotopic (exact) mass is 384 g/mol. The highest BCUT2D eigenvalue weighted by Crippen LogP contribution is 2.25. The Hall–Kier alpha value is -2.19. The van der Waals surface area contributed by atoms with Crippen molar-refractivity contribution < 1.29 is 9.72 Å². The fraction of sp³-hybridized carbons (Fsp3) is 0.0769. The summed E-state index contributed by atoms with van der Waals surface area (Å²) in [6.07, 6.45) is 1.62. The third kappa shape index (κ3) is 3.71. The Labute approximate surface area is 138 Å². The Morgan fingerprint density at radius 3 is 2.77 bits per heavy atom. The smallest absolute Gasteiger partial charge is 0.288 e. The number of benzene rings is 1. The van der Waals surface area contributed by atoms with Crippen LogP contribution >= 0.6 is 27.5 Å². The van der Waals surface area contributed by atoms with Gasteiger partial charge < -0.3 is 4.98 Å². The van der Waals surface area contributed by atoms with Gasteiger partial charge in [-0.25, -0.2) is 5.43 Å². The molecule has 0 fully saturated rings. The molecule has 1 amide bonds. The van der Waals surface area contributed by atoms with Crippen molar-refractivity contribution in [1.29, 1.82) is 0 Å². The van der Waals surface area contributed by atoms with Crippen LogP contribution in [0.5, 0.6) is 0 Å². The van der Waals surface area contributed by atoms with Gasteiger partial charge in [-0.3, -0.25) is 14.9 Å². The minimum Gasteiger partial charge on any atom is -0.356 e. The number of halogens is 2. The van der Waals surface area contributed by atoms with E-state index in [0.717, 1.165) is 4.47 Å². The molecule has 2 rings (SSSR count). The van der Waals surface area contributed by atoms with Crippen molar-refractivity contribution in [2.24, 2.45) is 5.10 Å². The number of nitrogens with zero attached hydrogens (tertiary/aromatic N) is 2. The Kier molecular flexibility index (Phi) is 4.94. The summed E-state index contributed by atoms with van der Waals surface area (Å²) in [7, 11) is 0. The predicted molar refractivity (Wildman–Crippen MR) is 86.3 cm³/mol. The van der Waals surface area contributed by atoms with Crippen LogP contribution in [0.15, 0.2) is 40.0 Å². The molecule has 0 atom stereocenters. The average Bonchev–Trinajstić information content (AvgIpc) is 2.91. The second kappa shape index (κ2) is 6.71. The van der Waals surface area contributed by atoms with E-state index >= 15 is 0 Å². The number of carbonyl (C=O) groups excluding carboxylic acids is 1. The number of carbonyl (C=O) groups is 1. The van der Waals surface area contributed by atoms with Crippen molar-refractivity contribution in [2.75, 3.05) is 0 Å². The fourth-order valence-electron chi connectivity index (χ4n) is 1.64. The molecule has 114 valence electrons. The second-order valence-corrected chi connectivity index (χ2v) is 5.62. The average molecular weight is 386 g/mol. The number of nitro groups is 1. The van der Waals surface area contributed by atoms with Crippen molar-refractivity contribution in [1.82, 2.24) is 10.4 Å². The van der Waals surface area contributed by atoms with Crippen LogP contribution in [0, 0.1) is 10.1 Å². The lowest BCUT2D eigenvalue weighted by Crippen LogP contribution is -2.19. The highest BCUT2D eigenvalue weighted by molar-refractivity contribution is 9.10. The van der Waals surface area contributed by atoms with Gasteiger partial charge in [0.1, 0.15) is 10.7 Å². The number of hydrogen-bond donors (Lipinski definition) is 2. The molecule has 1 heterocycles. The molecule has 0 bridgehead atoms. The van der Waals surface area contributed by atoms with Crippen molar-refractivity contribution in [3.8, 4) is 0 Å². The van der Waals surface area contributed by atoms with Gasteiger partial charge >= 0.3 is 0 Å². The minimum absolute atomic E-state index is 0.0434. The molecule has 0 aliphatic carbocycles. The molecule has 0 radical (unpaired) electrons. The Bertz CT molecular complexity index is 772. The molecule has 1 aromatic carbocycles. The van der Waals surface area contributed by atoms with Gasteiger partial charge in [-0.15, -0.1) is 0 Å². The number of nitrogens with one attached hydrogen (secondary N) is 2. The topological polar surface area (TPSA) is 100 Å². The van der Waals surface area contributed by atoms with E-state index in [1.54, 1.807) is 25.3 Å². The molecule has 0 saturated heterocycles. The summed E-state index contributed by atoms with van der Waals surface area (Å²) < 4.78 is 0.742. The second-order valence-electron chi connectivity index (χ2n) is 4.29. The molecule has 0 unspecified atom stereocenters. The van der Waals surface area contributed by atoms with Gasteiger partial charge in [0.05, 0.1) is 10.6 Å². The van der Waals surface area contributed by atoms with Gasteiger partial charge in [-0.2, -0.15) is 5.10 Å². The van der Waals surface area contributed by atoms with Crippen LogP contribution in [0.3, 0.4) is 0 Å². The van der Waals surface area contributed by atoms with E-state index in [9.17, 15) is 14.9 Å². The van der Waals surface area contributed by atoms with Gasteiger partial charge in [-0.05, 0) is 35.0 Å². The lowest BCUT2D eigenvalue weighted by atomic mass is 10.1. The van der Waals surface area contributed by atoms with Crippen LogP contribution < -0.4 is 5.43 Å². The number of rotatable bonds is 4. The van der Waals surface area contributed by atoms with Gasteiger partial charge in [-0.1, -0.05) is 17.7 Å². The first kappa shape index (κ1) is 16.2. The van der Waals surface area contributed by atoms with E-state index in [4.69, 9.17) is 11.6 Å². The molecule has 1 aromatic heterocycles. The van der Waals surface area contributed by atoms with E-state index < -0.39 is 10.8 Å². The lowest BCUT2D eigenvalue weighted by Gasteiger charge is -2.03. The summed E-state index contributed by atoms with van der Waals surface area (Å²) in [6, 6.07) is 5.91. The van der Waals surface area contributed by atoms with Crippen LogP contribution in [0.25, 0.3) is 0 Å². The predicted octanol–water partition coefficient (Wildman–Crippen LogP) is 3.49. The summed E-state index contributed by atoms with van der Waals surface area (Å²) in [5, 5.41) is 14.8. The Balaban J connectivity index is 2.17. The van der Waals surface area contributed by atoms with Crippen molar-refractivity contribution in [3.05, 3.63) is 61.3 Å². The lowest BCUT2D eigenvalue weighted by molar-refractivity contribution is -0.384. The molecule has 0 aliphatic rings. The van der Waals surface area contributed by atoms with Crippen LogP contribution in [0.1, 0.15) is 23.0 Å². The highest BCUT2D eigenvalue weighted by Gasteiger charge is 2.14. The summed E-state index contributed by atoms with van der Waals surface area (Å²) in [5.74, 6) is -0.423. The number of hydrogen-bond acceptors (Lipinski definition) is 4. The SMILES string of the molecule is C/C(=N/NC(=O)c1cc(Br)c[nH]1)c1ccc(Cl)c([N+](=O)[O-])c1. The van der Waals surface area contributed by atoms with E-state index in [2.05, 4.69) is 31.4 Å². The number of amides is 1. The van der Waals surface area contributed by atoms with E-state index in [0.29, 0.717) is 17.0 Å². The molecule has 0 aliphatic heterocycles. The molecule has 0 spiro atoms. The standard InChI is InChI=1S/C13H10BrClN4O3/c1-7(8-2-3-10(15)12(4-8)19(21)22)17-18-13(20)11-5-9(14)6-16-11/h2-6,16H,1H3,(H,18,20)/b17-7-. The number of aromatic amines is 1. The molecule has 2 aromatic rings. The van der Waals surface area contributed by atoms with Crippen LogP contribution in [-0.4, -0.2) is 21.5 Å². The molecule has 2 N–H and O–H groups in total. The third-order valence-electron chi connectivity index (χ3n) is 2.78. The Morgan fingerprint density at radius 1 is 1.45 bits per heavy atom. The quantitative estimate of drug-likeness (QED) is 0.478. The fourth-order valence-corrected chi connectivity index (χ4v) is 2.17. The first-order valence-corrected chi connectivity index (χ1v) is 7.18. The maximum atomic E-state index is 11.8. The number of nitro benzene ring substituents is 1. The zero-order valence-electron chi connectivity index (χ0n) is 11.3. The maximum absolute atomic E-state index is 11.8. The van der Waals surface area contributed by atoms with Crippen molar-refractivity contribution in [3.63, 3.8) is 0 Å². The summed E-state index contributed by atoms with van der Waals surface area (Å²) in [4.78, 5) is 24.9. The number of hydrazone groups is 1. The van der Waals surface area contributed by atoms with Crippen LogP contribution in [0.2, 0.25) is 5.02 Å². The van der Waals surface area contributed by atoms with Gasteiger partial charge in [0, 0.05) is 22.3 Å². The molecular formula is C13H10BrClN4O3. The van der Waals surface area contributed by atoms with E-state index in [-0.39, 0.29) is 10.7 Å². The third-order valence-corrected chi connectivity index (χ3v) is 3.56. The van der Waals surface area contributed by atoms with E-state index in [1.807, 2.05) is 0 Å². The first-order chi connectivity index (χ1) is 10.4. The molecule has 0 saturated carbocycles. The first-order valence-electron chi connectivity index (χ1n) is 6.01. The van der Waals surface area contributed by atoms with Gasteiger partial charge in [0.15, 0.2) is 0 Å². The number of H-pyrrole nitrogens is 1. The molecule has 9 heteroatoms.